The van der Waals surface area contributed by atoms with E-state index in [-0.39, 0.29) is 36.8 Å². The van der Waals surface area contributed by atoms with Gasteiger partial charge in [0.2, 0.25) is 0 Å². The lowest BCUT2D eigenvalue weighted by molar-refractivity contribution is 0.0950. The van der Waals surface area contributed by atoms with Gasteiger partial charge in [-0.3, -0.25) is 9.36 Å². The fourth-order valence-electron chi connectivity index (χ4n) is 2.94. The van der Waals surface area contributed by atoms with Gasteiger partial charge < -0.3 is 11.1 Å². The van der Waals surface area contributed by atoms with E-state index in [1.54, 1.807) is 6.33 Å². The molecule has 1 heterocycles. The number of carbonyl (C=O) groups excluding carboxylic acids is 1. The Morgan fingerprint density at radius 1 is 1.15 bits per heavy atom. The quantitative estimate of drug-likeness (QED) is 0.699. The number of nitrogens with one attached hydrogen (secondary N) is 1. The Bertz CT molecular complexity index is 875. The Morgan fingerprint density at radius 3 is 2.54 bits per heavy atom. The van der Waals surface area contributed by atoms with Crippen molar-refractivity contribution in [3.63, 3.8) is 0 Å². The number of imidazole rings is 1. The number of nitrogens with two attached hydrogens (primary N) is 1. The lowest BCUT2D eigenvalue weighted by Crippen LogP contribution is -2.38. The summed E-state index contributed by atoms with van der Waals surface area (Å²) in [5.41, 5.74) is 9.65. The van der Waals surface area contributed by atoms with E-state index in [0.717, 1.165) is 16.7 Å². The van der Waals surface area contributed by atoms with Crippen LogP contribution in [0.3, 0.4) is 0 Å². The number of rotatable bonds is 5. The minimum absolute atomic E-state index is 0. The molecule has 1 saturated carbocycles. The van der Waals surface area contributed by atoms with Gasteiger partial charge in [-0.05, 0) is 55.2 Å². The van der Waals surface area contributed by atoms with Gasteiger partial charge in [0.25, 0.3) is 5.91 Å². The molecule has 0 aliphatic heterocycles. The van der Waals surface area contributed by atoms with E-state index in [4.69, 9.17) is 5.73 Å². The van der Waals surface area contributed by atoms with E-state index in [2.05, 4.69) is 10.3 Å². The molecule has 1 unspecified atom stereocenters. The summed E-state index contributed by atoms with van der Waals surface area (Å²) >= 11 is 0. The molecular formula is C19H22Cl2N4O. The van der Waals surface area contributed by atoms with Gasteiger partial charge in [-0.1, -0.05) is 12.1 Å². The zero-order chi connectivity index (χ0) is 16.5. The summed E-state index contributed by atoms with van der Waals surface area (Å²) in [5, 5.41) is 2.92. The molecule has 3 aromatic rings. The first-order valence-electron chi connectivity index (χ1n) is 8.29. The Labute approximate surface area is 164 Å². The van der Waals surface area contributed by atoms with Crippen LogP contribution < -0.4 is 11.1 Å². The van der Waals surface area contributed by atoms with Crippen LogP contribution in [0.15, 0.2) is 54.9 Å². The van der Waals surface area contributed by atoms with Gasteiger partial charge in [-0.2, -0.15) is 0 Å². The van der Waals surface area contributed by atoms with Crippen molar-refractivity contribution in [3.05, 3.63) is 60.4 Å². The van der Waals surface area contributed by atoms with Crippen LogP contribution in [0.1, 0.15) is 23.2 Å². The van der Waals surface area contributed by atoms with E-state index < -0.39 is 0 Å². The Balaban J connectivity index is 0.00000121. The smallest absolute Gasteiger partial charge is 0.251 e. The fourth-order valence-corrected chi connectivity index (χ4v) is 2.94. The summed E-state index contributed by atoms with van der Waals surface area (Å²) < 4.78 is 2.01. The number of fused-ring (bicyclic) bond motifs is 1. The van der Waals surface area contributed by atoms with Crippen LogP contribution in [-0.2, 0) is 0 Å². The fraction of sp³-hybridized carbons (Fsp3) is 0.263. The molecule has 5 nitrogen and oxygen atoms in total. The third kappa shape index (κ3) is 4.18. The van der Waals surface area contributed by atoms with Crippen LogP contribution in [0.4, 0.5) is 0 Å². The highest BCUT2D eigenvalue weighted by molar-refractivity contribution is 5.94. The first-order chi connectivity index (χ1) is 11.7. The normalized spacial score (nSPS) is 14.2. The predicted molar refractivity (Wildman–Crippen MR) is 109 cm³/mol. The largest absolute Gasteiger partial charge is 0.350 e. The summed E-state index contributed by atoms with van der Waals surface area (Å²) in [5.74, 6) is 0.510. The molecule has 0 radical (unpaired) electrons. The molecule has 138 valence electrons. The summed E-state index contributed by atoms with van der Waals surface area (Å²) in [7, 11) is 0. The maximum absolute atomic E-state index is 12.2. The second-order valence-electron chi connectivity index (χ2n) is 6.36. The van der Waals surface area contributed by atoms with Crippen molar-refractivity contribution in [1.82, 2.24) is 14.9 Å². The van der Waals surface area contributed by atoms with Gasteiger partial charge in [0.1, 0.15) is 6.33 Å². The summed E-state index contributed by atoms with van der Waals surface area (Å²) in [6.07, 6.45) is 4.17. The average molecular weight is 393 g/mol. The third-order valence-corrected chi connectivity index (χ3v) is 4.59. The van der Waals surface area contributed by atoms with Crippen molar-refractivity contribution in [2.75, 3.05) is 6.54 Å². The molecule has 26 heavy (non-hydrogen) atoms. The SMILES string of the molecule is Cl.Cl.NC(CNC(=O)c1ccc(-n2cnc3ccccc32)cc1)C1CC1. The van der Waals surface area contributed by atoms with Crippen LogP contribution in [0.5, 0.6) is 0 Å². The predicted octanol–water partition coefficient (Wildman–Crippen LogP) is 3.34. The Kier molecular flexibility index (Phi) is 6.64. The van der Waals surface area contributed by atoms with Gasteiger partial charge in [-0.25, -0.2) is 4.98 Å². The molecule has 7 heteroatoms. The minimum atomic E-state index is -0.0758. The van der Waals surface area contributed by atoms with Gasteiger partial charge in [0.05, 0.1) is 11.0 Å². The van der Waals surface area contributed by atoms with Gasteiger partial charge in [0.15, 0.2) is 0 Å². The molecule has 1 aliphatic carbocycles. The molecule has 0 bridgehead atoms. The van der Waals surface area contributed by atoms with Gasteiger partial charge >= 0.3 is 0 Å². The van der Waals surface area contributed by atoms with Crippen LogP contribution in [-0.4, -0.2) is 28.0 Å². The van der Waals surface area contributed by atoms with Crippen LogP contribution in [0.2, 0.25) is 0 Å². The molecule has 1 amide bonds. The van der Waals surface area contributed by atoms with E-state index in [1.165, 1.54) is 12.8 Å². The van der Waals surface area contributed by atoms with Crippen LogP contribution in [0.25, 0.3) is 16.7 Å². The summed E-state index contributed by atoms with van der Waals surface area (Å²) in [6.45, 7) is 0.539. The maximum Gasteiger partial charge on any atom is 0.251 e. The van der Waals surface area contributed by atoms with Crippen molar-refractivity contribution in [1.29, 1.82) is 0 Å². The number of amides is 1. The zero-order valence-electron chi connectivity index (χ0n) is 14.2. The highest BCUT2D eigenvalue weighted by atomic mass is 35.5. The van der Waals surface area contributed by atoms with Crippen molar-refractivity contribution in [2.24, 2.45) is 11.7 Å². The number of hydrogen-bond donors (Lipinski definition) is 2. The molecule has 4 rings (SSSR count). The van der Waals surface area contributed by atoms with E-state index in [0.29, 0.717) is 18.0 Å². The maximum atomic E-state index is 12.2. The van der Waals surface area contributed by atoms with E-state index in [1.807, 2.05) is 53.1 Å². The number of nitrogens with zero attached hydrogens (tertiary/aromatic N) is 2. The first kappa shape index (κ1) is 20.2. The molecule has 3 N–H and O–H groups in total. The van der Waals surface area contributed by atoms with E-state index in [9.17, 15) is 4.79 Å². The van der Waals surface area contributed by atoms with E-state index >= 15 is 0 Å². The third-order valence-electron chi connectivity index (χ3n) is 4.59. The van der Waals surface area contributed by atoms with Crippen molar-refractivity contribution in [2.45, 2.75) is 18.9 Å². The van der Waals surface area contributed by atoms with Crippen molar-refractivity contribution >= 4 is 41.8 Å². The zero-order valence-corrected chi connectivity index (χ0v) is 15.8. The molecule has 1 aromatic heterocycles. The molecule has 1 aliphatic rings. The lowest BCUT2D eigenvalue weighted by atomic mass is 10.1. The van der Waals surface area contributed by atoms with Crippen LogP contribution >= 0.6 is 24.8 Å². The second-order valence-corrected chi connectivity index (χ2v) is 6.36. The Hall–Kier alpha value is -2.08. The molecule has 0 saturated heterocycles. The number of hydrogen-bond acceptors (Lipinski definition) is 3. The topological polar surface area (TPSA) is 72.9 Å². The molecular weight excluding hydrogens is 371 g/mol. The van der Waals surface area contributed by atoms with Crippen molar-refractivity contribution < 1.29 is 4.79 Å². The van der Waals surface area contributed by atoms with Crippen molar-refractivity contribution in [3.8, 4) is 5.69 Å². The summed E-state index contributed by atoms with van der Waals surface area (Å²) in [4.78, 5) is 16.6. The molecule has 2 aromatic carbocycles. The average Bonchev–Trinajstić information content (AvgIpc) is 3.39. The highest BCUT2D eigenvalue weighted by Crippen LogP contribution is 2.31. The number of benzene rings is 2. The lowest BCUT2D eigenvalue weighted by Gasteiger charge is -2.12. The monoisotopic (exact) mass is 392 g/mol. The molecule has 0 spiro atoms. The summed E-state index contributed by atoms with van der Waals surface area (Å²) in [6, 6.07) is 15.6. The Morgan fingerprint density at radius 2 is 1.85 bits per heavy atom. The highest BCUT2D eigenvalue weighted by Gasteiger charge is 2.28. The number of aromatic nitrogens is 2. The number of para-hydroxylation sites is 2. The first-order valence-corrected chi connectivity index (χ1v) is 8.29. The van der Waals surface area contributed by atoms with Crippen LogP contribution in [0, 0.1) is 5.92 Å². The van der Waals surface area contributed by atoms with Gasteiger partial charge in [-0.15, -0.1) is 24.8 Å². The molecule has 1 atom stereocenters. The second kappa shape index (κ2) is 8.54. The molecule has 1 fully saturated rings. The number of carbonyl (C=O) groups is 1. The number of halogens is 2. The standard InChI is InChI=1S/C19H20N4O.2ClH/c20-16(13-5-6-13)11-21-19(24)14-7-9-15(10-8-14)23-12-22-17-3-1-2-4-18(17)23;;/h1-4,7-10,12-13,16H,5-6,11,20H2,(H,21,24);2*1H. The van der Waals surface area contributed by atoms with Gasteiger partial charge in [0, 0.05) is 23.8 Å². The minimum Gasteiger partial charge on any atom is -0.350 e.